The van der Waals surface area contributed by atoms with Gasteiger partial charge in [0.05, 0.1) is 6.54 Å². The van der Waals surface area contributed by atoms with Crippen molar-refractivity contribution in [3.05, 3.63) is 0 Å². The zero-order chi connectivity index (χ0) is 14.4. The van der Waals surface area contributed by atoms with E-state index in [-0.39, 0.29) is 19.2 Å². The standard InChI is InChI=1S/C15H28F2N2O/c16-15(17)9-18-13-8-12(4-3-7-20)10-19(11-13)14-5-1-2-6-14/h12-15,18,20H,1-11H2. The number of nitrogens with zero attached hydrogens (tertiary/aromatic N) is 1. The third kappa shape index (κ3) is 4.93. The topological polar surface area (TPSA) is 35.5 Å². The minimum Gasteiger partial charge on any atom is -0.396 e. The van der Waals surface area contributed by atoms with Crippen LogP contribution in [0, 0.1) is 5.92 Å². The molecular formula is C15H28F2N2O. The number of aliphatic hydroxyl groups is 1. The van der Waals surface area contributed by atoms with Crippen molar-refractivity contribution >= 4 is 0 Å². The van der Waals surface area contributed by atoms with Gasteiger partial charge in [-0.15, -0.1) is 0 Å². The Kier molecular flexibility index (Phi) is 6.65. The fourth-order valence-electron chi connectivity index (χ4n) is 3.80. The summed E-state index contributed by atoms with van der Waals surface area (Å²) in [6.45, 7) is 2.02. The molecule has 1 saturated heterocycles. The highest BCUT2D eigenvalue weighted by Crippen LogP contribution is 2.29. The molecule has 20 heavy (non-hydrogen) atoms. The average Bonchev–Trinajstić information content (AvgIpc) is 2.97. The maximum atomic E-state index is 12.4. The van der Waals surface area contributed by atoms with Crippen LogP contribution in [0.3, 0.4) is 0 Å². The van der Waals surface area contributed by atoms with Crippen LogP contribution in [-0.2, 0) is 0 Å². The van der Waals surface area contributed by atoms with Gasteiger partial charge in [-0.25, -0.2) is 8.78 Å². The summed E-state index contributed by atoms with van der Waals surface area (Å²) in [5.41, 5.74) is 0. The molecule has 3 nitrogen and oxygen atoms in total. The van der Waals surface area contributed by atoms with Crippen molar-refractivity contribution in [1.29, 1.82) is 0 Å². The average molecular weight is 290 g/mol. The second-order valence-corrected chi connectivity index (χ2v) is 6.36. The van der Waals surface area contributed by atoms with Crippen molar-refractivity contribution < 1.29 is 13.9 Å². The van der Waals surface area contributed by atoms with E-state index in [1.807, 2.05) is 0 Å². The van der Waals surface area contributed by atoms with Crippen LogP contribution in [0.25, 0.3) is 0 Å². The SMILES string of the molecule is OCCCC1CC(NCC(F)F)CN(C2CCCC2)C1. The molecule has 0 spiro atoms. The molecule has 2 fully saturated rings. The summed E-state index contributed by atoms with van der Waals surface area (Å²) in [5.74, 6) is 0.534. The normalized spacial score (nSPS) is 29.4. The lowest BCUT2D eigenvalue weighted by molar-refractivity contribution is 0.0791. The van der Waals surface area contributed by atoms with Crippen LogP contribution < -0.4 is 5.32 Å². The number of hydrogen-bond donors (Lipinski definition) is 2. The summed E-state index contributed by atoms with van der Waals surface area (Å²) in [5, 5.41) is 12.0. The lowest BCUT2D eigenvalue weighted by atomic mass is 9.89. The van der Waals surface area contributed by atoms with Crippen molar-refractivity contribution in [3.63, 3.8) is 0 Å². The Balaban J connectivity index is 1.87. The van der Waals surface area contributed by atoms with Crippen molar-refractivity contribution in [1.82, 2.24) is 10.2 Å². The second kappa shape index (κ2) is 8.25. The Labute approximate surface area is 120 Å². The number of likely N-dealkylation sites (tertiary alicyclic amines) is 1. The minimum atomic E-state index is -2.27. The second-order valence-electron chi connectivity index (χ2n) is 6.36. The highest BCUT2D eigenvalue weighted by Gasteiger charge is 2.32. The third-order valence-electron chi connectivity index (χ3n) is 4.74. The molecule has 118 valence electrons. The summed E-state index contributed by atoms with van der Waals surface area (Å²) >= 11 is 0. The quantitative estimate of drug-likeness (QED) is 0.755. The highest BCUT2D eigenvalue weighted by molar-refractivity contribution is 4.88. The monoisotopic (exact) mass is 290 g/mol. The van der Waals surface area contributed by atoms with Gasteiger partial charge in [0.15, 0.2) is 0 Å². The molecule has 1 saturated carbocycles. The maximum absolute atomic E-state index is 12.4. The van der Waals surface area contributed by atoms with Gasteiger partial charge in [-0.2, -0.15) is 0 Å². The molecule has 2 N–H and O–H groups in total. The van der Waals surface area contributed by atoms with E-state index in [9.17, 15) is 8.78 Å². The molecule has 1 heterocycles. The summed E-state index contributed by atoms with van der Waals surface area (Å²) in [6, 6.07) is 0.838. The van der Waals surface area contributed by atoms with Crippen LogP contribution in [0.5, 0.6) is 0 Å². The van der Waals surface area contributed by atoms with Crippen molar-refractivity contribution in [2.45, 2.75) is 63.5 Å². The Hall–Kier alpha value is -0.260. The van der Waals surface area contributed by atoms with E-state index < -0.39 is 6.43 Å². The van der Waals surface area contributed by atoms with Crippen molar-refractivity contribution in [2.75, 3.05) is 26.2 Å². The van der Waals surface area contributed by atoms with Crippen LogP contribution >= 0.6 is 0 Å². The van der Waals surface area contributed by atoms with E-state index in [1.54, 1.807) is 0 Å². The summed E-state index contributed by atoms with van der Waals surface area (Å²) in [7, 11) is 0. The maximum Gasteiger partial charge on any atom is 0.250 e. The van der Waals surface area contributed by atoms with Crippen LogP contribution in [0.1, 0.15) is 44.9 Å². The lowest BCUT2D eigenvalue weighted by Crippen LogP contribution is -2.52. The molecular weight excluding hydrogens is 262 g/mol. The molecule has 0 aromatic heterocycles. The molecule has 0 bridgehead atoms. The van der Waals surface area contributed by atoms with E-state index in [0.29, 0.717) is 12.0 Å². The zero-order valence-electron chi connectivity index (χ0n) is 12.2. The number of piperidine rings is 1. The van der Waals surface area contributed by atoms with Crippen molar-refractivity contribution in [2.24, 2.45) is 5.92 Å². The summed E-state index contributed by atoms with van der Waals surface area (Å²) < 4.78 is 24.8. The number of rotatable bonds is 7. The van der Waals surface area contributed by atoms with E-state index in [4.69, 9.17) is 5.11 Å². The van der Waals surface area contributed by atoms with Gasteiger partial charge in [0, 0.05) is 31.8 Å². The molecule has 2 aliphatic rings. The molecule has 0 radical (unpaired) electrons. The van der Waals surface area contributed by atoms with Gasteiger partial charge in [0.25, 0.3) is 6.43 Å². The molecule has 1 aliphatic carbocycles. The Morgan fingerprint density at radius 2 is 1.95 bits per heavy atom. The fraction of sp³-hybridized carbons (Fsp3) is 1.00. The summed E-state index contributed by atoms with van der Waals surface area (Å²) in [6.07, 6.45) is 5.65. The molecule has 2 rings (SSSR count). The first-order valence-electron chi connectivity index (χ1n) is 8.05. The van der Waals surface area contributed by atoms with Gasteiger partial charge in [0.1, 0.15) is 0 Å². The Bertz CT molecular complexity index is 273. The fourth-order valence-corrected chi connectivity index (χ4v) is 3.80. The highest BCUT2D eigenvalue weighted by atomic mass is 19.3. The number of aliphatic hydroxyl groups excluding tert-OH is 1. The van der Waals surface area contributed by atoms with E-state index >= 15 is 0 Å². The molecule has 1 aliphatic heterocycles. The number of halogens is 2. The first-order chi connectivity index (χ1) is 9.69. The van der Waals surface area contributed by atoms with Gasteiger partial charge in [-0.1, -0.05) is 12.8 Å². The van der Waals surface area contributed by atoms with Crippen LogP contribution in [0.2, 0.25) is 0 Å². The zero-order valence-corrected chi connectivity index (χ0v) is 12.2. The first-order valence-corrected chi connectivity index (χ1v) is 8.05. The van der Waals surface area contributed by atoms with Gasteiger partial charge in [0.2, 0.25) is 0 Å². The largest absolute Gasteiger partial charge is 0.396 e. The lowest BCUT2D eigenvalue weighted by Gasteiger charge is -2.41. The van der Waals surface area contributed by atoms with Crippen molar-refractivity contribution in [3.8, 4) is 0 Å². The third-order valence-corrected chi connectivity index (χ3v) is 4.74. The van der Waals surface area contributed by atoms with Gasteiger partial charge in [-0.05, 0) is 38.0 Å². The van der Waals surface area contributed by atoms with Gasteiger partial charge in [-0.3, -0.25) is 4.90 Å². The molecule has 5 heteroatoms. The number of hydrogen-bond acceptors (Lipinski definition) is 3. The smallest absolute Gasteiger partial charge is 0.250 e. The molecule has 2 atom stereocenters. The minimum absolute atomic E-state index is 0.182. The first kappa shape index (κ1) is 16.1. The molecule has 0 aromatic carbocycles. The number of nitrogens with one attached hydrogen (secondary N) is 1. The molecule has 2 unspecified atom stereocenters. The van der Waals surface area contributed by atoms with E-state index in [0.717, 1.165) is 32.4 Å². The van der Waals surface area contributed by atoms with Crippen LogP contribution in [-0.4, -0.2) is 54.8 Å². The van der Waals surface area contributed by atoms with Crippen LogP contribution in [0.4, 0.5) is 8.78 Å². The Morgan fingerprint density at radius 1 is 1.20 bits per heavy atom. The van der Waals surface area contributed by atoms with Gasteiger partial charge < -0.3 is 10.4 Å². The predicted octanol–water partition coefficient (Wildman–Crippen LogP) is 2.25. The number of alkyl halides is 2. The molecule has 0 aromatic rings. The summed E-state index contributed by atoms with van der Waals surface area (Å²) in [4.78, 5) is 2.52. The molecule has 0 amide bonds. The van der Waals surface area contributed by atoms with Crippen LogP contribution in [0.15, 0.2) is 0 Å². The predicted molar refractivity (Wildman–Crippen MR) is 76.1 cm³/mol. The van der Waals surface area contributed by atoms with E-state index in [1.165, 1.54) is 25.7 Å². The Morgan fingerprint density at radius 3 is 2.60 bits per heavy atom. The van der Waals surface area contributed by atoms with E-state index in [2.05, 4.69) is 10.2 Å². The van der Waals surface area contributed by atoms with Gasteiger partial charge >= 0.3 is 0 Å².